The molecule has 0 atom stereocenters. The summed E-state index contributed by atoms with van der Waals surface area (Å²) in [5.74, 6) is 0.947. The van der Waals surface area contributed by atoms with Gasteiger partial charge in [-0.05, 0) is 25.0 Å². The van der Waals surface area contributed by atoms with Gasteiger partial charge >= 0.3 is 0 Å². The molecule has 0 radical (unpaired) electrons. The fourth-order valence-corrected chi connectivity index (χ4v) is 5.04. The number of ether oxygens (including phenoxy) is 1. The van der Waals surface area contributed by atoms with Crippen LogP contribution in [0.15, 0.2) is 36.0 Å². The molecule has 0 heterocycles. The summed E-state index contributed by atoms with van der Waals surface area (Å²) in [4.78, 5) is 0. The minimum absolute atomic E-state index is 0.947. The Labute approximate surface area is 151 Å². The first-order chi connectivity index (χ1) is 11.6. The SMILES string of the molecule is CCCCCCCCCCC/C=C/[Si](C)(C)c1ccc(OC)cc1. The van der Waals surface area contributed by atoms with Crippen molar-refractivity contribution in [3.8, 4) is 5.75 Å². The van der Waals surface area contributed by atoms with Crippen molar-refractivity contribution in [3.63, 3.8) is 0 Å². The molecule has 0 aliphatic heterocycles. The lowest BCUT2D eigenvalue weighted by Crippen LogP contribution is -2.39. The maximum Gasteiger partial charge on any atom is 0.118 e. The van der Waals surface area contributed by atoms with Crippen molar-refractivity contribution in [2.24, 2.45) is 0 Å². The molecule has 0 aromatic heterocycles. The minimum atomic E-state index is -1.45. The van der Waals surface area contributed by atoms with Crippen LogP contribution in [-0.4, -0.2) is 15.2 Å². The zero-order valence-corrected chi connectivity index (χ0v) is 17.4. The Morgan fingerprint density at radius 2 is 1.38 bits per heavy atom. The third-order valence-corrected chi connectivity index (χ3v) is 7.73. The molecule has 1 nitrogen and oxygen atoms in total. The molecule has 1 aromatic carbocycles. The van der Waals surface area contributed by atoms with E-state index in [1.165, 1.54) is 69.4 Å². The van der Waals surface area contributed by atoms with Gasteiger partial charge in [0.25, 0.3) is 0 Å². The van der Waals surface area contributed by atoms with Crippen LogP contribution in [0, 0.1) is 0 Å². The summed E-state index contributed by atoms with van der Waals surface area (Å²) >= 11 is 0. The number of rotatable bonds is 13. The molecule has 0 saturated carbocycles. The zero-order valence-electron chi connectivity index (χ0n) is 16.4. The lowest BCUT2D eigenvalue weighted by atomic mass is 10.1. The van der Waals surface area contributed by atoms with Gasteiger partial charge in [-0.1, -0.05) is 100 Å². The minimum Gasteiger partial charge on any atom is -0.497 e. The fourth-order valence-electron chi connectivity index (χ4n) is 3.07. The van der Waals surface area contributed by atoms with Gasteiger partial charge in [0, 0.05) is 0 Å². The summed E-state index contributed by atoms with van der Waals surface area (Å²) in [7, 11) is 0.280. The maximum atomic E-state index is 5.25. The van der Waals surface area contributed by atoms with Gasteiger partial charge in [-0.2, -0.15) is 0 Å². The molecule has 0 aliphatic rings. The standard InChI is InChI=1S/C22H38OSi/c1-5-6-7-8-9-10-11-12-13-14-15-20-24(3,4)22-18-16-21(23-2)17-19-22/h15-20H,5-14H2,1-4H3/b20-15+. The quantitative estimate of drug-likeness (QED) is 0.288. The largest absolute Gasteiger partial charge is 0.497 e. The highest BCUT2D eigenvalue weighted by molar-refractivity contribution is 6.93. The van der Waals surface area contributed by atoms with E-state index in [1.807, 2.05) is 0 Å². The van der Waals surface area contributed by atoms with Crippen LogP contribution in [0.1, 0.15) is 71.1 Å². The van der Waals surface area contributed by atoms with Crippen LogP contribution in [-0.2, 0) is 0 Å². The van der Waals surface area contributed by atoms with Gasteiger partial charge in [0.1, 0.15) is 13.8 Å². The highest BCUT2D eigenvalue weighted by Crippen LogP contribution is 2.13. The topological polar surface area (TPSA) is 9.23 Å². The van der Waals surface area contributed by atoms with E-state index >= 15 is 0 Å². The average Bonchev–Trinajstić information content (AvgIpc) is 2.59. The van der Waals surface area contributed by atoms with Crippen molar-refractivity contribution in [1.29, 1.82) is 0 Å². The monoisotopic (exact) mass is 346 g/mol. The van der Waals surface area contributed by atoms with Crippen molar-refractivity contribution in [2.75, 3.05) is 7.11 Å². The van der Waals surface area contributed by atoms with Gasteiger partial charge in [0.15, 0.2) is 0 Å². The van der Waals surface area contributed by atoms with Crippen LogP contribution in [0.3, 0.4) is 0 Å². The van der Waals surface area contributed by atoms with Crippen molar-refractivity contribution >= 4 is 13.3 Å². The molecule has 0 spiro atoms. The molecule has 0 unspecified atom stereocenters. The summed E-state index contributed by atoms with van der Waals surface area (Å²) in [5.41, 5.74) is 2.50. The third-order valence-electron chi connectivity index (χ3n) is 4.84. The summed E-state index contributed by atoms with van der Waals surface area (Å²) < 4.78 is 5.25. The first-order valence-corrected chi connectivity index (χ1v) is 13.0. The van der Waals surface area contributed by atoms with Crippen LogP contribution in [0.5, 0.6) is 5.75 Å². The van der Waals surface area contributed by atoms with Crippen LogP contribution in [0.25, 0.3) is 0 Å². The van der Waals surface area contributed by atoms with E-state index in [0.29, 0.717) is 0 Å². The molecular formula is C22H38OSi. The molecule has 2 heteroatoms. The van der Waals surface area contributed by atoms with Gasteiger partial charge in [0.2, 0.25) is 0 Å². The summed E-state index contributed by atoms with van der Waals surface area (Å²) in [6.07, 6.45) is 16.3. The predicted molar refractivity (Wildman–Crippen MR) is 111 cm³/mol. The van der Waals surface area contributed by atoms with E-state index in [2.05, 4.69) is 56.1 Å². The zero-order chi connectivity index (χ0) is 17.7. The third kappa shape index (κ3) is 8.72. The molecule has 0 fully saturated rings. The smallest absolute Gasteiger partial charge is 0.118 e. The second-order valence-corrected chi connectivity index (χ2v) is 11.8. The number of allylic oxidation sites excluding steroid dienone is 1. The summed E-state index contributed by atoms with van der Waals surface area (Å²) in [6.45, 7) is 7.12. The van der Waals surface area contributed by atoms with Crippen molar-refractivity contribution in [1.82, 2.24) is 0 Å². The second-order valence-electron chi connectivity index (χ2n) is 7.47. The highest BCUT2D eigenvalue weighted by atomic mass is 28.3. The molecule has 1 aromatic rings. The molecular weight excluding hydrogens is 308 g/mol. The van der Waals surface area contributed by atoms with E-state index in [1.54, 1.807) is 7.11 Å². The van der Waals surface area contributed by atoms with E-state index in [-0.39, 0.29) is 0 Å². The van der Waals surface area contributed by atoms with Crippen LogP contribution >= 0.6 is 0 Å². The van der Waals surface area contributed by atoms with E-state index in [0.717, 1.165) is 5.75 Å². The second kappa shape index (κ2) is 12.4. The number of unbranched alkanes of at least 4 members (excludes halogenated alkanes) is 9. The molecule has 0 amide bonds. The lowest BCUT2D eigenvalue weighted by molar-refractivity contribution is 0.415. The normalized spacial score (nSPS) is 12.0. The van der Waals surface area contributed by atoms with Crippen molar-refractivity contribution in [2.45, 2.75) is 84.2 Å². The van der Waals surface area contributed by atoms with Crippen LogP contribution < -0.4 is 9.92 Å². The molecule has 0 N–H and O–H groups in total. The summed E-state index contributed by atoms with van der Waals surface area (Å²) in [5, 5.41) is 1.48. The Morgan fingerprint density at radius 1 is 0.833 bits per heavy atom. The van der Waals surface area contributed by atoms with E-state index < -0.39 is 8.07 Å². The fraction of sp³-hybridized carbons (Fsp3) is 0.636. The Balaban J connectivity index is 2.16. The molecule has 0 bridgehead atoms. The Kier molecular flexibility index (Phi) is 10.8. The predicted octanol–water partition coefficient (Wildman–Crippen LogP) is 6.63. The number of hydrogen-bond acceptors (Lipinski definition) is 1. The molecule has 136 valence electrons. The van der Waals surface area contributed by atoms with Gasteiger partial charge < -0.3 is 4.74 Å². The molecule has 24 heavy (non-hydrogen) atoms. The van der Waals surface area contributed by atoms with E-state index in [4.69, 9.17) is 4.74 Å². The van der Waals surface area contributed by atoms with Gasteiger partial charge in [-0.15, -0.1) is 0 Å². The Bertz CT molecular complexity index is 448. The average molecular weight is 347 g/mol. The number of methoxy groups -OCH3 is 1. The van der Waals surface area contributed by atoms with Gasteiger partial charge in [-0.3, -0.25) is 0 Å². The Morgan fingerprint density at radius 3 is 1.92 bits per heavy atom. The first-order valence-electron chi connectivity index (χ1n) is 9.92. The Hall–Kier alpha value is -1.02. The molecule has 1 rings (SSSR count). The lowest BCUT2D eigenvalue weighted by Gasteiger charge is -2.18. The first kappa shape index (κ1) is 21.0. The van der Waals surface area contributed by atoms with Crippen molar-refractivity contribution < 1.29 is 4.74 Å². The highest BCUT2D eigenvalue weighted by Gasteiger charge is 2.19. The summed E-state index contributed by atoms with van der Waals surface area (Å²) in [6, 6.07) is 8.62. The van der Waals surface area contributed by atoms with Gasteiger partial charge in [0.05, 0.1) is 7.11 Å². The maximum absolute atomic E-state index is 5.25. The number of benzene rings is 1. The number of hydrogen-bond donors (Lipinski definition) is 0. The van der Waals surface area contributed by atoms with Crippen LogP contribution in [0.2, 0.25) is 13.1 Å². The van der Waals surface area contributed by atoms with Gasteiger partial charge in [-0.25, -0.2) is 0 Å². The van der Waals surface area contributed by atoms with Crippen LogP contribution in [0.4, 0.5) is 0 Å². The molecule has 0 aliphatic carbocycles. The van der Waals surface area contributed by atoms with E-state index in [9.17, 15) is 0 Å². The van der Waals surface area contributed by atoms with Crippen molar-refractivity contribution in [3.05, 3.63) is 36.0 Å². The molecule has 0 saturated heterocycles.